The fourth-order valence-corrected chi connectivity index (χ4v) is 3.69. The molecule has 2 aromatic rings. The van der Waals surface area contributed by atoms with Crippen LogP contribution in [0.1, 0.15) is 60.7 Å². The zero-order valence-corrected chi connectivity index (χ0v) is 21.1. The summed E-state index contributed by atoms with van der Waals surface area (Å²) in [6, 6.07) is 12.4. The van der Waals surface area contributed by atoms with Gasteiger partial charge in [-0.3, -0.25) is 14.9 Å². The molecule has 0 heterocycles. The first-order chi connectivity index (χ1) is 15.4. The normalized spacial score (nSPS) is 10.4. The summed E-state index contributed by atoms with van der Waals surface area (Å²) in [7, 11) is 0. The number of nitrogens with one attached hydrogen (secondary N) is 2. The van der Waals surface area contributed by atoms with Gasteiger partial charge in [-0.25, -0.2) is 0 Å². The van der Waals surface area contributed by atoms with E-state index in [1.807, 2.05) is 17.9 Å². The summed E-state index contributed by atoms with van der Waals surface area (Å²) in [5.41, 5.74) is 1.59. The maximum Gasteiger partial charge on any atom is 0.261 e. The molecule has 0 radical (unpaired) electrons. The van der Waals surface area contributed by atoms with Crippen LogP contribution in [0.2, 0.25) is 0 Å². The molecular formula is C24H30BrN3O3S. The highest BCUT2D eigenvalue weighted by molar-refractivity contribution is 9.10. The fraction of sp³-hybridized carbons (Fsp3) is 0.375. The van der Waals surface area contributed by atoms with Gasteiger partial charge in [0.2, 0.25) is 0 Å². The molecule has 0 saturated heterocycles. The topological polar surface area (TPSA) is 70.7 Å². The van der Waals surface area contributed by atoms with Crippen molar-refractivity contribution in [3.63, 3.8) is 0 Å². The zero-order chi connectivity index (χ0) is 23.5. The monoisotopic (exact) mass is 519 g/mol. The van der Waals surface area contributed by atoms with Gasteiger partial charge in [0.15, 0.2) is 5.11 Å². The van der Waals surface area contributed by atoms with Crippen molar-refractivity contribution in [1.29, 1.82) is 0 Å². The number of thiocarbonyl (C=S) groups is 1. The third-order valence-corrected chi connectivity index (χ3v) is 5.21. The highest BCUT2D eigenvalue weighted by atomic mass is 79.9. The summed E-state index contributed by atoms with van der Waals surface area (Å²) < 4.78 is 6.44. The van der Waals surface area contributed by atoms with E-state index in [1.165, 1.54) is 0 Å². The van der Waals surface area contributed by atoms with Crippen LogP contribution < -0.4 is 15.4 Å². The number of benzene rings is 2. The molecule has 0 atom stereocenters. The van der Waals surface area contributed by atoms with Crippen LogP contribution in [0.15, 0.2) is 46.9 Å². The van der Waals surface area contributed by atoms with E-state index in [9.17, 15) is 9.59 Å². The third kappa shape index (κ3) is 7.60. The fourth-order valence-electron chi connectivity index (χ4n) is 3.12. The highest BCUT2D eigenvalue weighted by Gasteiger charge is 2.17. The lowest BCUT2D eigenvalue weighted by molar-refractivity contribution is 0.0755. The van der Waals surface area contributed by atoms with Gasteiger partial charge in [0.1, 0.15) is 5.75 Å². The van der Waals surface area contributed by atoms with E-state index in [-0.39, 0.29) is 16.9 Å². The van der Waals surface area contributed by atoms with E-state index < -0.39 is 0 Å². The Morgan fingerprint density at radius 3 is 2.41 bits per heavy atom. The Morgan fingerprint density at radius 2 is 1.75 bits per heavy atom. The SMILES string of the molecule is CCCOc1ccc(Br)cc1C(=O)NC(=S)Nc1cccc(C(=O)N(CCC)CCC)c1. The van der Waals surface area contributed by atoms with Crippen LogP contribution >= 0.6 is 28.1 Å². The van der Waals surface area contributed by atoms with Crippen LogP contribution in [-0.4, -0.2) is 41.5 Å². The van der Waals surface area contributed by atoms with Crippen LogP contribution in [0.4, 0.5) is 5.69 Å². The van der Waals surface area contributed by atoms with Crippen molar-refractivity contribution in [3.8, 4) is 5.75 Å². The van der Waals surface area contributed by atoms with E-state index in [0.29, 0.717) is 42.3 Å². The lowest BCUT2D eigenvalue weighted by Crippen LogP contribution is -2.34. The van der Waals surface area contributed by atoms with E-state index in [0.717, 1.165) is 23.7 Å². The molecule has 32 heavy (non-hydrogen) atoms. The number of nitrogens with zero attached hydrogens (tertiary/aromatic N) is 1. The molecule has 0 saturated carbocycles. The summed E-state index contributed by atoms with van der Waals surface area (Å²) in [6.45, 7) is 8.05. The molecule has 0 aliphatic rings. The van der Waals surface area contributed by atoms with E-state index in [1.54, 1.807) is 36.4 Å². The van der Waals surface area contributed by atoms with Crippen molar-refractivity contribution in [1.82, 2.24) is 10.2 Å². The van der Waals surface area contributed by atoms with E-state index in [2.05, 4.69) is 40.4 Å². The zero-order valence-electron chi connectivity index (χ0n) is 18.7. The van der Waals surface area contributed by atoms with Crippen LogP contribution in [0.5, 0.6) is 5.75 Å². The first kappa shape index (κ1) is 25.8. The molecule has 2 N–H and O–H groups in total. The van der Waals surface area contributed by atoms with Crippen molar-refractivity contribution in [2.75, 3.05) is 25.0 Å². The largest absolute Gasteiger partial charge is 0.493 e. The van der Waals surface area contributed by atoms with Crippen molar-refractivity contribution < 1.29 is 14.3 Å². The van der Waals surface area contributed by atoms with E-state index >= 15 is 0 Å². The van der Waals surface area contributed by atoms with Gasteiger partial charge in [-0.05, 0) is 67.9 Å². The number of rotatable bonds is 10. The van der Waals surface area contributed by atoms with Crippen molar-refractivity contribution >= 4 is 50.8 Å². The van der Waals surface area contributed by atoms with Crippen molar-refractivity contribution in [3.05, 3.63) is 58.1 Å². The Labute approximate surface area is 203 Å². The van der Waals surface area contributed by atoms with Gasteiger partial charge in [0.25, 0.3) is 11.8 Å². The molecule has 0 bridgehead atoms. The number of hydrogen-bond acceptors (Lipinski definition) is 4. The standard InChI is InChI=1S/C24H30BrN3O3S/c1-4-12-28(13-5-2)23(30)17-8-7-9-19(15-17)26-24(32)27-22(29)20-16-18(25)10-11-21(20)31-14-6-3/h7-11,15-16H,4-6,12-14H2,1-3H3,(H2,26,27,29,32). The lowest BCUT2D eigenvalue weighted by Gasteiger charge is -2.22. The number of carbonyl (C=O) groups excluding carboxylic acids is 2. The van der Waals surface area contributed by atoms with Crippen LogP contribution in [-0.2, 0) is 0 Å². The first-order valence-electron chi connectivity index (χ1n) is 10.8. The number of halogens is 1. The first-order valence-corrected chi connectivity index (χ1v) is 12.0. The maximum absolute atomic E-state index is 12.9. The molecule has 0 spiro atoms. The van der Waals surface area contributed by atoms with Gasteiger partial charge in [0.05, 0.1) is 12.2 Å². The molecular weight excluding hydrogens is 490 g/mol. The summed E-state index contributed by atoms with van der Waals surface area (Å²) >= 11 is 8.72. The molecule has 8 heteroatoms. The number of amides is 2. The minimum atomic E-state index is -0.376. The second kappa shape index (κ2) is 13.2. The molecule has 0 aliphatic heterocycles. The minimum absolute atomic E-state index is 0.0147. The quantitative estimate of drug-likeness (QED) is 0.398. The smallest absolute Gasteiger partial charge is 0.261 e. The molecule has 0 fully saturated rings. The molecule has 6 nitrogen and oxygen atoms in total. The third-order valence-electron chi connectivity index (χ3n) is 4.52. The Balaban J connectivity index is 2.09. The van der Waals surface area contributed by atoms with E-state index in [4.69, 9.17) is 17.0 Å². The molecule has 0 aromatic heterocycles. The van der Waals surface area contributed by atoms with Gasteiger partial charge >= 0.3 is 0 Å². The molecule has 0 aliphatic carbocycles. The van der Waals surface area contributed by atoms with Gasteiger partial charge in [-0.2, -0.15) is 0 Å². The molecule has 2 amide bonds. The van der Waals surface area contributed by atoms with Gasteiger partial charge in [-0.15, -0.1) is 0 Å². The Bertz CT molecular complexity index is 946. The molecule has 2 aromatic carbocycles. The number of carbonyl (C=O) groups is 2. The number of hydrogen-bond donors (Lipinski definition) is 2. The predicted octanol–water partition coefficient (Wildman–Crippen LogP) is 5.63. The number of anilines is 1. The van der Waals surface area contributed by atoms with Gasteiger partial charge in [-0.1, -0.05) is 42.8 Å². The summed E-state index contributed by atoms with van der Waals surface area (Å²) in [6.07, 6.45) is 2.64. The average Bonchev–Trinajstić information content (AvgIpc) is 2.77. The minimum Gasteiger partial charge on any atom is -0.493 e. The summed E-state index contributed by atoms with van der Waals surface area (Å²) in [5, 5.41) is 5.82. The summed E-state index contributed by atoms with van der Waals surface area (Å²) in [5.74, 6) is 0.105. The Kier molecular flexibility index (Phi) is 10.6. The van der Waals surface area contributed by atoms with Crippen LogP contribution in [0, 0.1) is 0 Å². The maximum atomic E-state index is 12.9. The van der Waals surface area contributed by atoms with Crippen LogP contribution in [0.3, 0.4) is 0 Å². The predicted molar refractivity (Wildman–Crippen MR) is 137 cm³/mol. The second-order valence-electron chi connectivity index (χ2n) is 7.27. The summed E-state index contributed by atoms with van der Waals surface area (Å²) in [4.78, 5) is 27.5. The molecule has 172 valence electrons. The number of ether oxygens (including phenoxy) is 1. The Hall–Kier alpha value is -2.45. The second-order valence-corrected chi connectivity index (χ2v) is 8.59. The highest BCUT2D eigenvalue weighted by Crippen LogP contribution is 2.23. The van der Waals surface area contributed by atoms with Crippen molar-refractivity contribution in [2.24, 2.45) is 0 Å². The lowest BCUT2D eigenvalue weighted by atomic mass is 10.1. The van der Waals surface area contributed by atoms with Crippen LogP contribution in [0.25, 0.3) is 0 Å². The Morgan fingerprint density at radius 1 is 1.03 bits per heavy atom. The van der Waals surface area contributed by atoms with Gasteiger partial charge in [0, 0.05) is 28.8 Å². The molecule has 0 unspecified atom stereocenters. The van der Waals surface area contributed by atoms with Crippen molar-refractivity contribution in [2.45, 2.75) is 40.0 Å². The average molecular weight is 520 g/mol. The van der Waals surface area contributed by atoms with Gasteiger partial charge < -0.3 is 15.0 Å². The molecule has 2 rings (SSSR count).